The molecule has 2 unspecified atom stereocenters. The van der Waals surface area contributed by atoms with E-state index in [4.69, 9.17) is 5.73 Å². The van der Waals surface area contributed by atoms with Crippen LogP contribution in [0.5, 0.6) is 0 Å². The van der Waals surface area contributed by atoms with Crippen molar-refractivity contribution in [2.24, 2.45) is 5.92 Å². The minimum Gasteiger partial charge on any atom is -0.393 e. The number of hydrogen-bond acceptors (Lipinski definition) is 6. The second-order valence-electron chi connectivity index (χ2n) is 7.96. The SMILES string of the molecule is CCCNC(=O)C(F)(F)C(O)C(NC(=O)Cn1c(-c2ccccc2)ncc(N)c1=O)C(C)C. The second-order valence-corrected chi connectivity index (χ2v) is 7.96. The van der Waals surface area contributed by atoms with Gasteiger partial charge >= 0.3 is 5.92 Å². The number of rotatable bonds is 10. The smallest absolute Gasteiger partial charge is 0.351 e. The lowest BCUT2D eigenvalue weighted by Crippen LogP contribution is -2.59. The summed E-state index contributed by atoms with van der Waals surface area (Å²) in [5, 5.41) is 14.7. The fraction of sp³-hybridized carbons (Fsp3) is 0.455. The summed E-state index contributed by atoms with van der Waals surface area (Å²) in [7, 11) is 0. The number of nitrogen functional groups attached to an aromatic ring is 1. The third-order valence-electron chi connectivity index (χ3n) is 5.00. The number of aliphatic hydroxyl groups is 1. The zero-order valence-corrected chi connectivity index (χ0v) is 18.7. The second kappa shape index (κ2) is 11.0. The number of nitrogens with one attached hydrogen (secondary N) is 2. The fourth-order valence-corrected chi connectivity index (χ4v) is 3.17. The molecule has 2 amide bonds. The van der Waals surface area contributed by atoms with Gasteiger partial charge in [-0.15, -0.1) is 0 Å². The maximum absolute atomic E-state index is 14.5. The molecule has 11 heteroatoms. The molecule has 0 radical (unpaired) electrons. The Kier molecular flexibility index (Phi) is 8.63. The van der Waals surface area contributed by atoms with Crippen LogP contribution in [0.3, 0.4) is 0 Å². The summed E-state index contributed by atoms with van der Waals surface area (Å²) in [5.74, 6) is -7.08. The van der Waals surface area contributed by atoms with Gasteiger partial charge in [0.05, 0.1) is 12.2 Å². The predicted octanol–water partition coefficient (Wildman–Crippen LogP) is 1.16. The summed E-state index contributed by atoms with van der Waals surface area (Å²) >= 11 is 0. The molecule has 1 aromatic heterocycles. The largest absolute Gasteiger partial charge is 0.393 e. The number of amides is 2. The first kappa shape index (κ1) is 25.9. The molecule has 0 fully saturated rings. The highest BCUT2D eigenvalue weighted by molar-refractivity contribution is 5.84. The van der Waals surface area contributed by atoms with Crippen LogP contribution in [0, 0.1) is 5.92 Å². The maximum atomic E-state index is 14.5. The van der Waals surface area contributed by atoms with Gasteiger partial charge in [0.1, 0.15) is 24.2 Å². The Morgan fingerprint density at radius 1 is 1.24 bits per heavy atom. The van der Waals surface area contributed by atoms with Gasteiger partial charge in [0.2, 0.25) is 5.91 Å². The van der Waals surface area contributed by atoms with E-state index in [1.807, 2.05) is 0 Å². The number of hydrogen-bond donors (Lipinski definition) is 4. The first-order chi connectivity index (χ1) is 15.5. The Labute approximate surface area is 190 Å². The molecule has 2 rings (SSSR count). The van der Waals surface area contributed by atoms with E-state index < -0.39 is 47.9 Å². The molecule has 0 saturated carbocycles. The van der Waals surface area contributed by atoms with E-state index >= 15 is 0 Å². The molecule has 0 saturated heterocycles. The summed E-state index contributed by atoms with van der Waals surface area (Å²) in [6, 6.07) is 7.11. The maximum Gasteiger partial charge on any atom is 0.351 e. The molecule has 180 valence electrons. The van der Waals surface area contributed by atoms with Crippen LogP contribution in [0.15, 0.2) is 41.3 Å². The Balaban J connectivity index is 2.29. The molecule has 33 heavy (non-hydrogen) atoms. The average molecular weight is 466 g/mol. The number of anilines is 1. The van der Waals surface area contributed by atoms with E-state index in [1.54, 1.807) is 37.3 Å². The highest BCUT2D eigenvalue weighted by Gasteiger charge is 2.51. The molecule has 9 nitrogen and oxygen atoms in total. The zero-order valence-electron chi connectivity index (χ0n) is 18.7. The van der Waals surface area contributed by atoms with E-state index in [1.165, 1.54) is 20.0 Å². The topological polar surface area (TPSA) is 139 Å². The molecular weight excluding hydrogens is 436 g/mol. The van der Waals surface area contributed by atoms with E-state index in [2.05, 4.69) is 15.6 Å². The van der Waals surface area contributed by atoms with Gasteiger partial charge in [-0.05, 0) is 12.3 Å². The lowest BCUT2D eigenvalue weighted by Gasteiger charge is -2.32. The van der Waals surface area contributed by atoms with E-state index in [0.29, 0.717) is 12.0 Å². The van der Waals surface area contributed by atoms with Gasteiger partial charge in [0.15, 0.2) is 0 Å². The number of nitrogens with two attached hydrogens (primary N) is 1. The van der Waals surface area contributed by atoms with Crippen molar-refractivity contribution in [3.63, 3.8) is 0 Å². The van der Waals surface area contributed by atoms with Crippen molar-refractivity contribution in [3.8, 4) is 11.4 Å². The Hall–Kier alpha value is -3.34. The lowest BCUT2D eigenvalue weighted by atomic mass is 9.93. The van der Waals surface area contributed by atoms with E-state index in [9.17, 15) is 28.3 Å². The van der Waals surface area contributed by atoms with Gasteiger partial charge in [0, 0.05) is 12.1 Å². The van der Waals surface area contributed by atoms with Crippen LogP contribution in [0.4, 0.5) is 14.5 Å². The average Bonchev–Trinajstić information content (AvgIpc) is 2.78. The van der Waals surface area contributed by atoms with Crippen molar-refractivity contribution in [1.82, 2.24) is 20.2 Å². The molecule has 0 aliphatic rings. The third kappa shape index (κ3) is 6.13. The first-order valence-corrected chi connectivity index (χ1v) is 10.5. The number of halogens is 2. The van der Waals surface area contributed by atoms with Crippen molar-refractivity contribution in [2.75, 3.05) is 12.3 Å². The lowest BCUT2D eigenvalue weighted by molar-refractivity contribution is -0.169. The van der Waals surface area contributed by atoms with Crippen LogP contribution in [0.25, 0.3) is 11.4 Å². The molecule has 1 aromatic carbocycles. The fourth-order valence-electron chi connectivity index (χ4n) is 3.17. The molecule has 0 aliphatic heterocycles. The number of nitrogens with zero attached hydrogens (tertiary/aromatic N) is 2. The standard InChI is InChI=1S/C22H29F2N5O4/c1-4-10-26-21(33)22(23,24)18(31)17(13(2)3)28-16(30)12-29-19(14-8-6-5-7-9-14)27-11-15(25)20(29)32/h5-9,11,13,17-18,31H,4,10,12,25H2,1-3H3,(H,26,33)(H,28,30). The number of carbonyl (C=O) groups is 2. The number of alkyl halides is 2. The Morgan fingerprint density at radius 3 is 2.45 bits per heavy atom. The van der Waals surface area contributed by atoms with E-state index in [-0.39, 0.29) is 18.1 Å². The Bertz CT molecular complexity index is 1030. The molecule has 5 N–H and O–H groups in total. The van der Waals surface area contributed by atoms with Crippen LogP contribution in [0.2, 0.25) is 0 Å². The number of aromatic nitrogens is 2. The van der Waals surface area contributed by atoms with Crippen molar-refractivity contribution < 1.29 is 23.5 Å². The molecule has 0 spiro atoms. The molecule has 0 aliphatic carbocycles. The minimum absolute atomic E-state index is 0.0213. The normalized spacial score (nSPS) is 13.4. The molecule has 2 aromatic rings. The predicted molar refractivity (Wildman–Crippen MR) is 119 cm³/mol. The Morgan fingerprint density at radius 2 is 1.88 bits per heavy atom. The van der Waals surface area contributed by atoms with Gasteiger partial charge in [0.25, 0.3) is 11.5 Å². The summed E-state index contributed by atoms with van der Waals surface area (Å²) in [4.78, 5) is 41.3. The minimum atomic E-state index is -4.14. The van der Waals surface area contributed by atoms with Crippen LogP contribution in [-0.2, 0) is 16.1 Å². The van der Waals surface area contributed by atoms with Gasteiger partial charge in [-0.2, -0.15) is 8.78 Å². The highest BCUT2D eigenvalue weighted by Crippen LogP contribution is 2.25. The number of benzene rings is 1. The van der Waals surface area contributed by atoms with Crippen molar-refractivity contribution in [3.05, 3.63) is 46.9 Å². The van der Waals surface area contributed by atoms with Crippen molar-refractivity contribution >= 4 is 17.5 Å². The highest BCUT2D eigenvalue weighted by atomic mass is 19.3. The monoisotopic (exact) mass is 465 g/mol. The van der Waals surface area contributed by atoms with Crippen LogP contribution in [0.1, 0.15) is 27.2 Å². The number of aliphatic hydroxyl groups excluding tert-OH is 1. The third-order valence-corrected chi connectivity index (χ3v) is 5.00. The van der Waals surface area contributed by atoms with E-state index in [0.717, 1.165) is 4.57 Å². The summed E-state index contributed by atoms with van der Waals surface area (Å²) < 4.78 is 30.1. The van der Waals surface area contributed by atoms with Gasteiger partial charge < -0.3 is 21.5 Å². The summed E-state index contributed by atoms with van der Waals surface area (Å²) in [5.41, 5.74) is 5.34. The van der Waals surface area contributed by atoms with Crippen LogP contribution in [-0.4, -0.2) is 51.1 Å². The quantitative estimate of drug-likeness (QED) is 0.415. The van der Waals surface area contributed by atoms with Crippen molar-refractivity contribution in [2.45, 2.75) is 51.8 Å². The zero-order chi connectivity index (χ0) is 24.8. The van der Waals surface area contributed by atoms with Gasteiger partial charge in [-0.1, -0.05) is 51.1 Å². The molecule has 1 heterocycles. The first-order valence-electron chi connectivity index (χ1n) is 10.5. The molecular formula is C22H29F2N5O4. The summed E-state index contributed by atoms with van der Waals surface area (Å²) in [6.07, 6.45) is -0.868. The number of carbonyl (C=O) groups excluding carboxylic acids is 2. The van der Waals surface area contributed by atoms with Gasteiger partial charge in [-0.25, -0.2) is 4.98 Å². The molecule has 2 atom stereocenters. The van der Waals surface area contributed by atoms with Crippen LogP contribution < -0.4 is 21.9 Å². The van der Waals surface area contributed by atoms with Crippen molar-refractivity contribution in [1.29, 1.82) is 0 Å². The molecule has 0 bridgehead atoms. The van der Waals surface area contributed by atoms with Crippen LogP contribution >= 0.6 is 0 Å². The summed E-state index contributed by atoms with van der Waals surface area (Å²) in [6.45, 7) is 4.16. The van der Waals surface area contributed by atoms with Gasteiger partial charge in [-0.3, -0.25) is 19.0 Å².